The van der Waals surface area contributed by atoms with Crippen LogP contribution in [0.3, 0.4) is 0 Å². The zero-order valence-corrected chi connectivity index (χ0v) is 9.64. The van der Waals surface area contributed by atoms with Crippen LogP contribution in [-0.4, -0.2) is 36.5 Å². The van der Waals surface area contributed by atoms with Crippen LogP contribution in [0.4, 0.5) is 0 Å². The number of carbonyl (C=O) groups excluding carboxylic acids is 2. The molecule has 0 aromatic rings. The minimum atomic E-state index is -0.397. The highest BCUT2D eigenvalue weighted by Gasteiger charge is 2.40. The summed E-state index contributed by atoms with van der Waals surface area (Å²) in [6, 6.07) is -0.0363. The molecule has 0 aromatic heterocycles. The molecular formula is C11H19N3O2. The second-order valence-corrected chi connectivity index (χ2v) is 4.64. The van der Waals surface area contributed by atoms with E-state index in [9.17, 15) is 9.59 Å². The first-order valence-corrected chi connectivity index (χ1v) is 5.99. The molecule has 2 atom stereocenters. The number of hydrogen-bond donors (Lipinski definition) is 3. The van der Waals surface area contributed by atoms with Gasteiger partial charge in [0.1, 0.15) is 0 Å². The highest BCUT2D eigenvalue weighted by molar-refractivity contribution is 5.88. The zero-order chi connectivity index (χ0) is 11.6. The maximum absolute atomic E-state index is 12.1. The van der Waals surface area contributed by atoms with E-state index in [0.717, 1.165) is 25.8 Å². The molecule has 0 bridgehead atoms. The van der Waals surface area contributed by atoms with Crippen molar-refractivity contribution in [3.8, 4) is 0 Å². The van der Waals surface area contributed by atoms with E-state index in [-0.39, 0.29) is 17.9 Å². The highest BCUT2D eigenvalue weighted by Crippen LogP contribution is 2.23. The van der Waals surface area contributed by atoms with Gasteiger partial charge in [-0.15, -0.1) is 0 Å². The van der Waals surface area contributed by atoms with Gasteiger partial charge in [-0.25, -0.2) is 0 Å². The normalized spacial score (nSPS) is 33.8. The van der Waals surface area contributed by atoms with E-state index in [1.54, 1.807) is 0 Å². The molecule has 0 radical (unpaired) electrons. The molecule has 2 aliphatic rings. The predicted molar refractivity (Wildman–Crippen MR) is 59.8 cm³/mol. The van der Waals surface area contributed by atoms with Crippen LogP contribution in [0, 0.1) is 0 Å². The summed E-state index contributed by atoms with van der Waals surface area (Å²) >= 11 is 0. The average molecular weight is 225 g/mol. The topological polar surface area (TPSA) is 70.2 Å². The first-order valence-electron chi connectivity index (χ1n) is 5.99. The Morgan fingerprint density at radius 2 is 2.44 bits per heavy atom. The molecule has 0 saturated carbocycles. The van der Waals surface area contributed by atoms with Crippen LogP contribution in [-0.2, 0) is 9.59 Å². The summed E-state index contributed by atoms with van der Waals surface area (Å²) in [6.45, 7) is 3.49. The fourth-order valence-electron chi connectivity index (χ4n) is 2.49. The maximum atomic E-state index is 12.1. The van der Waals surface area contributed by atoms with Gasteiger partial charge in [-0.05, 0) is 25.8 Å². The molecule has 90 valence electrons. The lowest BCUT2D eigenvalue weighted by molar-refractivity contribution is -0.127. The van der Waals surface area contributed by atoms with Crippen molar-refractivity contribution in [3.05, 3.63) is 0 Å². The minimum absolute atomic E-state index is 0.0234. The largest absolute Gasteiger partial charge is 0.354 e. The van der Waals surface area contributed by atoms with Crippen LogP contribution in [0.5, 0.6) is 0 Å². The third kappa shape index (κ3) is 2.04. The molecule has 5 nitrogen and oxygen atoms in total. The summed E-state index contributed by atoms with van der Waals surface area (Å²) in [5.74, 6) is 0.0734. The molecule has 0 aromatic carbocycles. The van der Waals surface area contributed by atoms with E-state index in [1.165, 1.54) is 0 Å². The Labute approximate surface area is 95.3 Å². The predicted octanol–water partition coefficient (Wildman–Crippen LogP) is -0.477. The Hall–Kier alpha value is -1.10. The van der Waals surface area contributed by atoms with Gasteiger partial charge in [-0.2, -0.15) is 0 Å². The molecule has 2 fully saturated rings. The van der Waals surface area contributed by atoms with Crippen molar-refractivity contribution >= 4 is 11.8 Å². The number of amides is 2. The first kappa shape index (κ1) is 11.4. The first-order chi connectivity index (χ1) is 7.66. The van der Waals surface area contributed by atoms with Crippen LogP contribution in [0.25, 0.3) is 0 Å². The summed E-state index contributed by atoms with van der Waals surface area (Å²) in [4.78, 5) is 23.2. The van der Waals surface area contributed by atoms with E-state index in [1.807, 2.05) is 6.92 Å². The smallest absolute Gasteiger partial charge is 0.240 e. The van der Waals surface area contributed by atoms with Gasteiger partial charge in [0.15, 0.2) is 0 Å². The molecule has 2 unspecified atom stereocenters. The number of carbonyl (C=O) groups is 2. The Bertz CT molecular complexity index is 298. The Kier molecular flexibility index (Phi) is 3.14. The fraction of sp³-hybridized carbons (Fsp3) is 0.818. The monoisotopic (exact) mass is 225 g/mol. The maximum Gasteiger partial charge on any atom is 0.240 e. The molecule has 0 aliphatic carbocycles. The van der Waals surface area contributed by atoms with Crippen LogP contribution in [0.1, 0.15) is 32.6 Å². The van der Waals surface area contributed by atoms with Crippen LogP contribution < -0.4 is 16.0 Å². The molecule has 0 spiro atoms. The van der Waals surface area contributed by atoms with Crippen molar-refractivity contribution in [3.63, 3.8) is 0 Å². The average Bonchev–Trinajstić information content (AvgIpc) is 2.88. The van der Waals surface area contributed by atoms with Crippen LogP contribution >= 0.6 is 0 Å². The Morgan fingerprint density at radius 1 is 1.62 bits per heavy atom. The second-order valence-electron chi connectivity index (χ2n) is 4.64. The van der Waals surface area contributed by atoms with E-state index in [4.69, 9.17) is 0 Å². The van der Waals surface area contributed by atoms with Crippen molar-refractivity contribution < 1.29 is 9.59 Å². The molecule has 2 heterocycles. The van der Waals surface area contributed by atoms with Crippen molar-refractivity contribution in [2.45, 2.75) is 44.2 Å². The summed E-state index contributed by atoms with van der Waals surface area (Å²) in [7, 11) is 0. The third-order valence-corrected chi connectivity index (χ3v) is 3.59. The number of hydrogen-bond acceptors (Lipinski definition) is 3. The molecule has 16 heavy (non-hydrogen) atoms. The zero-order valence-electron chi connectivity index (χ0n) is 9.64. The van der Waals surface area contributed by atoms with Crippen molar-refractivity contribution in [1.29, 1.82) is 0 Å². The van der Waals surface area contributed by atoms with Crippen molar-refractivity contribution in [2.24, 2.45) is 0 Å². The Morgan fingerprint density at radius 3 is 2.94 bits per heavy atom. The quantitative estimate of drug-likeness (QED) is 0.608. The van der Waals surface area contributed by atoms with Gasteiger partial charge in [0.05, 0.1) is 11.6 Å². The van der Waals surface area contributed by atoms with Crippen LogP contribution in [0.2, 0.25) is 0 Å². The third-order valence-electron chi connectivity index (χ3n) is 3.59. The van der Waals surface area contributed by atoms with Gasteiger partial charge in [-0.1, -0.05) is 6.92 Å². The fourth-order valence-corrected chi connectivity index (χ4v) is 2.49. The van der Waals surface area contributed by atoms with E-state index in [0.29, 0.717) is 13.0 Å². The van der Waals surface area contributed by atoms with Gasteiger partial charge >= 0.3 is 0 Å². The molecule has 2 saturated heterocycles. The Balaban J connectivity index is 1.93. The van der Waals surface area contributed by atoms with Gasteiger partial charge in [0.25, 0.3) is 0 Å². The molecule has 2 aliphatic heterocycles. The standard InChI is InChI=1S/C11H19N3O2/c1-2-11(4-3-5-13-11)10(16)14-8-6-9(15)12-7-8/h8,13H,2-7H2,1H3,(H,12,15)(H,14,16). The lowest BCUT2D eigenvalue weighted by Crippen LogP contribution is -2.55. The molecule has 2 rings (SSSR count). The van der Waals surface area contributed by atoms with Crippen molar-refractivity contribution in [1.82, 2.24) is 16.0 Å². The van der Waals surface area contributed by atoms with E-state index >= 15 is 0 Å². The summed E-state index contributed by atoms with van der Waals surface area (Å²) in [6.07, 6.45) is 3.14. The van der Waals surface area contributed by atoms with Gasteiger partial charge in [-0.3, -0.25) is 9.59 Å². The summed E-state index contributed by atoms with van der Waals surface area (Å²) < 4.78 is 0. The minimum Gasteiger partial charge on any atom is -0.354 e. The van der Waals surface area contributed by atoms with Gasteiger partial charge in [0.2, 0.25) is 11.8 Å². The summed E-state index contributed by atoms with van der Waals surface area (Å²) in [5, 5.41) is 8.97. The summed E-state index contributed by atoms with van der Waals surface area (Å²) in [5.41, 5.74) is -0.397. The lowest BCUT2D eigenvalue weighted by Gasteiger charge is -2.28. The van der Waals surface area contributed by atoms with Crippen molar-refractivity contribution in [2.75, 3.05) is 13.1 Å². The van der Waals surface area contributed by atoms with Gasteiger partial charge in [0, 0.05) is 13.0 Å². The second kappa shape index (κ2) is 4.41. The van der Waals surface area contributed by atoms with Crippen LogP contribution in [0.15, 0.2) is 0 Å². The van der Waals surface area contributed by atoms with Gasteiger partial charge < -0.3 is 16.0 Å². The molecule has 5 heteroatoms. The molecule has 3 N–H and O–H groups in total. The number of nitrogens with one attached hydrogen (secondary N) is 3. The molecular weight excluding hydrogens is 206 g/mol. The highest BCUT2D eigenvalue weighted by atomic mass is 16.2. The van der Waals surface area contributed by atoms with E-state index < -0.39 is 5.54 Å². The molecule has 2 amide bonds. The number of rotatable bonds is 3. The SMILES string of the molecule is CCC1(C(=O)NC2CNC(=O)C2)CCCN1. The lowest BCUT2D eigenvalue weighted by atomic mass is 9.93. The van der Waals surface area contributed by atoms with E-state index in [2.05, 4.69) is 16.0 Å².